The van der Waals surface area contributed by atoms with Gasteiger partial charge in [0.1, 0.15) is 17.8 Å². The third kappa shape index (κ3) is 7.42. The van der Waals surface area contributed by atoms with Crippen LogP contribution in [0, 0.1) is 17.3 Å². The van der Waals surface area contributed by atoms with Crippen molar-refractivity contribution in [2.24, 2.45) is 17.3 Å². The fourth-order valence-electron chi connectivity index (χ4n) is 8.03. The largest absolute Gasteiger partial charge is 0.508 e. The molecular weight excluding hydrogens is 670 g/mol. The lowest BCUT2D eigenvalue weighted by Crippen LogP contribution is -2.60. The molecule has 2 fully saturated rings. The van der Waals surface area contributed by atoms with Crippen LogP contribution in [0.15, 0.2) is 54.7 Å². The number of aromatic hydroxyl groups is 1. The number of rotatable bonds is 6. The third-order valence-electron chi connectivity index (χ3n) is 11.1. The number of ether oxygens (including phenoxy) is 2. The fourth-order valence-corrected chi connectivity index (χ4v) is 8.03. The monoisotopic (exact) mass is 721 g/mol. The molecule has 7 rings (SSSR count). The number of phenolic OH excluding ortho intramolecular Hbond substituents is 1. The third-order valence-corrected chi connectivity index (χ3v) is 11.1. The van der Waals surface area contributed by atoms with E-state index in [1.54, 1.807) is 25.4 Å². The summed E-state index contributed by atoms with van der Waals surface area (Å²) >= 11 is 0. The smallest absolute Gasteiger partial charge is 0.324 e. The van der Waals surface area contributed by atoms with E-state index in [0.717, 1.165) is 51.0 Å². The van der Waals surface area contributed by atoms with Crippen molar-refractivity contribution in [1.82, 2.24) is 25.3 Å². The normalized spacial score (nSPS) is 23.6. The molecule has 4 aromatic rings. The number of fused-ring (bicyclic) bond motifs is 6. The van der Waals surface area contributed by atoms with Gasteiger partial charge in [0.25, 0.3) is 5.91 Å². The Morgan fingerprint density at radius 2 is 1.96 bits per heavy atom. The maximum absolute atomic E-state index is 14.1. The first-order valence-electron chi connectivity index (χ1n) is 18.9. The second kappa shape index (κ2) is 14.6. The molecule has 0 unspecified atom stereocenters. The molecule has 2 aromatic heterocycles. The van der Waals surface area contributed by atoms with Crippen LogP contribution in [0.5, 0.6) is 5.75 Å². The number of esters is 1. The van der Waals surface area contributed by atoms with Crippen LogP contribution >= 0.6 is 0 Å². The van der Waals surface area contributed by atoms with Gasteiger partial charge in [0.2, 0.25) is 5.91 Å². The summed E-state index contributed by atoms with van der Waals surface area (Å²) in [5, 5.41) is 16.6. The van der Waals surface area contributed by atoms with E-state index >= 15 is 0 Å². The second-order valence-corrected chi connectivity index (χ2v) is 15.9. The molecule has 3 N–H and O–H groups in total. The Balaban J connectivity index is 1.40. The molecule has 2 amide bonds. The van der Waals surface area contributed by atoms with Gasteiger partial charge in [-0.15, -0.1) is 0 Å². The lowest BCUT2D eigenvalue weighted by atomic mass is 9.84. The molecule has 4 heterocycles. The topological polar surface area (TPSA) is 135 Å². The van der Waals surface area contributed by atoms with Crippen LogP contribution in [-0.2, 0) is 43.2 Å². The summed E-state index contributed by atoms with van der Waals surface area (Å²) in [7, 11) is 1.69. The molecule has 2 aromatic carbocycles. The first-order valence-corrected chi connectivity index (χ1v) is 18.9. The Kier molecular flexibility index (Phi) is 10.1. The summed E-state index contributed by atoms with van der Waals surface area (Å²) in [6, 6.07) is 14.2. The average molecular weight is 722 g/mol. The zero-order chi connectivity index (χ0) is 37.6. The first kappa shape index (κ1) is 36.6. The Hall–Kier alpha value is -4.74. The number of carbonyl (C=O) groups excluding carboxylic acids is 3. The van der Waals surface area contributed by atoms with Crippen molar-refractivity contribution in [2.45, 2.75) is 91.5 Å². The first-order chi connectivity index (χ1) is 25.4. The molecular formula is C42H51N5O6. The number of nitrogens with zero attached hydrogens (tertiary/aromatic N) is 3. The van der Waals surface area contributed by atoms with E-state index < -0.39 is 23.5 Å². The molecule has 0 spiro atoms. The van der Waals surface area contributed by atoms with E-state index in [4.69, 9.17) is 14.5 Å². The molecule has 1 saturated heterocycles. The molecule has 6 bridgehead atoms. The number of aryl methyl sites for hydroxylation is 1. The summed E-state index contributed by atoms with van der Waals surface area (Å²) in [6.45, 7) is 11.6. The highest BCUT2D eigenvalue weighted by molar-refractivity contribution is 5.95. The molecule has 2 aliphatic heterocycles. The van der Waals surface area contributed by atoms with Crippen molar-refractivity contribution < 1.29 is 29.0 Å². The van der Waals surface area contributed by atoms with Crippen LogP contribution in [0.4, 0.5) is 0 Å². The van der Waals surface area contributed by atoms with Crippen LogP contribution in [0.2, 0.25) is 0 Å². The van der Waals surface area contributed by atoms with E-state index in [0.29, 0.717) is 37.9 Å². The van der Waals surface area contributed by atoms with Crippen LogP contribution in [-0.4, -0.2) is 69.8 Å². The highest BCUT2D eigenvalue weighted by Crippen LogP contribution is 2.42. The fraction of sp³-hybridized carbons (Fsp3) is 0.476. The molecule has 11 nitrogen and oxygen atoms in total. The van der Waals surface area contributed by atoms with E-state index in [1.165, 1.54) is 5.01 Å². The summed E-state index contributed by atoms with van der Waals surface area (Å²) in [5.74, 6) is -0.682. The molecule has 0 radical (unpaired) electrons. The minimum absolute atomic E-state index is 0.0703. The van der Waals surface area contributed by atoms with Gasteiger partial charge >= 0.3 is 5.97 Å². The van der Waals surface area contributed by atoms with Crippen molar-refractivity contribution in [2.75, 3.05) is 20.3 Å². The van der Waals surface area contributed by atoms with E-state index in [-0.39, 0.29) is 48.5 Å². The number of benzene rings is 2. The van der Waals surface area contributed by atoms with Gasteiger partial charge in [-0.05, 0) is 104 Å². The van der Waals surface area contributed by atoms with Gasteiger partial charge < -0.3 is 24.5 Å². The number of pyridine rings is 1. The van der Waals surface area contributed by atoms with Crippen LogP contribution in [0.3, 0.4) is 0 Å². The predicted molar refractivity (Wildman–Crippen MR) is 203 cm³/mol. The Labute approximate surface area is 311 Å². The van der Waals surface area contributed by atoms with Gasteiger partial charge in [-0.25, -0.2) is 5.43 Å². The zero-order valence-electron chi connectivity index (χ0n) is 31.6. The lowest BCUT2D eigenvalue weighted by Gasteiger charge is -2.35. The number of aromatic nitrogens is 2. The minimum atomic E-state index is -0.900. The molecule has 53 heavy (non-hydrogen) atoms. The number of phenols is 1. The molecule has 280 valence electrons. The number of hydrogen-bond acceptors (Lipinski definition) is 8. The lowest BCUT2D eigenvalue weighted by molar-refractivity contribution is -0.155. The van der Waals surface area contributed by atoms with E-state index in [9.17, 15) is 19.5 Å². The maximum atomic E-state index is 14.1. The van der Waals surface area contributed by atoms with Crippen LogP contribution < -0.4 is 10.7 Å². The Morgan fingerprint density at radius 1 is 1.17 bits per heavy atom. The van der Waals surface area contributed by atoms with E-state index in [2.05, 4.69) is 60.3 Å². The van der Waals surface area contributed by atoms with E-state index in [1.807, 2.05) is 26.0 Å². The number of hydrogen-bond donors (Lipinski definition) is 3. The van der Waals surface area contributed by atoms with Gasteiger partial charge in [0, 0.05) is 60.6 Å². The standard InChI is InChI=1S/C42H51N5O6/c1-7-46-36-13-12-27-21-32(36)33(38(46)30-10-8-14-43-37(30)25(3)52-6)22-42(4,5)23-53-41(51)34-11-9-15-47(45-34)40(50)35(44-39(49)31-16-24(31)2)19-26-17-28(27)20-29(48)18-26/h8,10,12-14,17-18,20-21,24-25,31,34-35,45,48H,7,9,11,15-16,19,22-23H2,1-6H3,(H,44,49)/t24-,25+,31-,34+,35+/m1/s1. The van der Waals surface area contributed by atoms with Crippen LogP contribution in [0.1, 0.15) is 76.8 Å². The number of cyclic esters (lactones) is 1. The van der Waals surface area contributed by atoms with Gasteiger partial charge in [-0.2, -0.15) is 0 Å². The minimum Gasteiger partial charge on any atom is -0.508 e. The number of methoxy groups -OCH3 is 1. The van der Waals surface area contributed by atoms with Gasteiger partial charge in [-0.1, -0.05) is 32.9 Å². The second-order valence-electron chi connectivity index (χ2n) is 15.9. The van der Waals surface area contributed by atoms with Crippen LogP contribution in [0.25, 0.3) is 33.3 Å². The van der Waals surface area contributed by atoms with Crippen molar-refractivity contribution in [3.05, 3.63) is 71.5 Å². The number of hydrazine groups is 1. The molecule has 5 atom stereocenters. The van der Waals surface area contributed by atoms with Gasteiger partial charge in [-0.3, -0.25) is 24.4 Å². The number of carbonyl (C=O) groups is 3. The summed E-state index contributed by atoms with van der Waals surface area (Å²) in [4.78, 5) is 45.8. The SMILES string of the molecule is CCn1c(-c2cccnc2[C@H](C)OC)c2c3cc(ccc31)-c1cc(O)cc(c1)C[C@H](NC(=O)[C@@H]1C[C@H]1C)C(=O)N1CCC[C@H](N1)C(=O)OCC(C)(C)C2. The van der Waals surface area contributed by atoms with Gasteiger partial charge in [0.15, 0.2) is 0 Å². The number of amides is 2. The highest BCUT2D eigenvalue weighted by atomic mass is 16.5. The van der Waals surface area contributed by atoms with Crippen molar-refractivity contribution >= 4 is 28.7 Å². The predicted octanol–water partition coefficient (Wildman–Crippen LogP) is 6.11. The molecule has 11 heteroatoms. The zero-order valence-corrected chi connectivity index (χ0v) is 31.6. The summed E-state index contributed by atoms with van der Waals surface area (Å²) < 4.78 is 14.1. The van der Waals surface area contributed by atoms with Gasteiger partial charge in [0.05, 0.1) is 24.1 Å². The Bertz CT molecular complexity index is 2050. The maximum Gasteiger partial charge on any atom is 0.324 e. The summed E-state index contributed by atoms with van der Waals surface area (Å²) in [5.41, 5.74) is 10.1. The van der Waals surface area contributed by atoms with Crippen molar-refractivity contribution in [1.29, 1.82) is 0 Å². The quantitative estimate of drug-likeness (QED) is 0.203. The number of nitrogens with one attached hydrogen (secondary N) is 2. The molecule has 3 aliphatic rings. The molecule has 1 aliphatic carbocycles. The Morgan fingerprint density at radius 3 is 2.70 bits per heavy atom. The molecule has 1 saturated carbocycles. The highest BCUT2D eigenvalue weighted by Gasteiger charge is 2.42. The summed E-state index contributed by atoms with van der Waals surface area (Å²) in [6.07, 6.45) is 4.22. The van der Waals surface area contributed by atoms with Crippen molar-refractivity contribution in [3.63, 3.8) is 0 Å². The van der Waals surface area contributed by atoms with Crippen molar-refractivity contribution in [3.8, 4) is 28.1 Å². The average Bonchev–Trinajstić information content (AvgIpc) is 3.82.